The van der Waals surface area contributed by atoms with E-state index in [1.807, 2.05) is 13.8 Å². The molecule has 0 spiro atoms. The van der Waals surface area contributed by atoms with Gasteiger partial charge in [0.2, 0.25) is 18.3 Å². The van der Waals surface area contributed by atoms with E-state index in [1.54, 1.807) is 6.92 Å². The molecule has 0 unspecified atom stereocenters. The average Bonchev–Trinajstić information content (AvgIpc) is 2.51. The van der Waals surface area contributed by atoms with Gasteiger partial charge in [0.25, 0.3) is 0 Å². The predicted molar refractivity (Wildman–Crippen MR) is 83.3 cm³/mol. The van der Waals surface area contributed by atoms with Gasteiger partial charge < -0.3 is 14.2 Å². The summed E-state index contributed by atoms with van der Waals surface area (Å²) in [4.78, 5) is 31.2. The fourth-order valence-electron chi connectivity index (χ4n) is 2.29. The van der Waals surface area contributed by atoms with E-state index < -0.39 is 29.4 Å². The SMILES string of the molecule is CCOC(=O)[C@@H](C[N+](=O)[O-])[C@H]1N=C(OC)[C@H](C(C)C)N=C1OC. The number of nitrogens with zero attached hydrogens (tertiary/aromatic N) is 3. The topological polar surface area (TPSA) is 113 Å². The van der Waals surface area contributed by atoms with E-state index in [1.165, 1.54) is 14.2 Å². The minimum Gasteiger partial charge on any atom is -0.483 e. The third kappa shape index (κ3) is 4.64. The van der Waals surface area contributed by atoms with E-state index in [-0.39, 0.29) is 24.5 Å². The summed E-state index contributed by atoms with van der Waals surface area (Å²) in [5.41, 5.74) is 0. The summed E-state index contributed by atoms with van der Waals surface area (Å²) in [7, 11) is 2.84. The molecule has 0 radical (unpaired) electrons. The number of carbonyl (C=O) groups is 1. The first-order chi connectivity index (χ1) is 10.8. The Morgan fingerprint density at radius 1 is 1.22 bits per heavy atom. The third-order valence-electron chi connectivity index (χ3n) is 3.40. The number of ether oxygens (including phenoxy) is 3. The first kappa shape index (κ1) is 18.9. The molecule has 0 amide bonds. The number of methoxy groups -OCH3 is 2. The molecule has 0 saturated carbocycles. The van der Waals surface area contributed by atoms with Crippen molar-refractivity contribution in [2.75, 3.05) is 27.4 Å². The molecule has 0 bridgehead atoms. The van der Waals surface area contributed by atoms with Crippen molar-refractivity contribution in [2.24, 2.45) is 21.8 Å². The molecular formula is C14H23N3O6. The average molecular weight is 329 g/mol. The Labute approximate surface area is 134 Å². The van der Waals surface area contributed by atoms with Crippen LogP contribution < -0.4 is 0 Å². The smallest absolute Gasteiger partial charge is 0.318 e. The Morgan fingerprint density at radius 2 is 1.74 bits per heavy atom. The number of aliphatic imine (C=N–C) groups is 2. The van der Waals surface area contributed by atoms with Gasteiger partial charge in [-0.05, 0) is 12.8 Å². The van der Waals surface area contributed by atoms with E-state index in [2.05, 4.69) is 9.98 Å². The maximum Gasteiger partial charge on any atom is 0.318 e. The van der Waals surface area contributed by atoms with Crippen molar-refractivity contribution in [3.63, 3.8) is 0 Å². The lowest BCUT2D eigenvalue weighted by Crippen LogP contribution is -2.45. The molecule has 0 saturated heterocycles. The minimum atomic E-state index is -1.12. The van der Waals surface area contributed by atoms with Crippen LogP contribution in [-0.4, -0.2) is 62.1 Å². The normalized spacial score (nSPS) is 22.0. The summed E-state index contributed by atoms with van der Waals surface area (Å²) < 4.78 is 15.4. The Kier molecular flexibility index (Phi) is 6.92. The molecular weight excluding hydrogens is 306 g/mol. The molecule has 0 aromatic rings. The van der Waals surface area contributed by atoms with Crippen molar-refractivity contribution >= 4 is 17.8 Å². The van der Waals surface area contributed by atoms with Gasteiger partial charge in [-0.2, -0.15) is 0 Å². The molecule has 1 aliphatic heterocycles. The summed E-state index contributed by atoms with van der Waals surface area (Å²) in [5.74, 6) is -1.24. The zero-order valence-corrected chi connectivity index (χ0v) is 14.0. The number of nitro groups is 1. The van der Waals surface area contributed by atoms with Crippen LogP contribution >= 0.6 is 0 Å². The highest BCUT2D eigenvalue weighted by molar-refractivity contribution is 5.96. The quantitative estimate of drug-likeness (QED) is 0.407. The zero-order valence-electron chi connectivity index (χ0n) is 14.0. The van der Waals surface area contributed by atoms with Crippen LogP contribution in [0.2, 0.25) is 0 Å². The van der Waals surface area contributed by atoms with Crippen LogP contribution in [0.4, 0.5) is 0 Å². The molecule has 1 aliphatic rings. The lowest BCUT2D eigenvalue weighted by molar-refractivity contribution is -0.486. The van der Waals surface area contributed by atoms with Gasteiger partial charge in [-0.1, -0.05) is 13.8 Å². The standard InChI is InChI=1S/C14H23N3O6/c1-6-23-14(18)9(7-17(19)20)11-13(22-5)15-10(8(2)3)12(16-11)21-4/h8-11H,6-7H2,1-5H3/t9-,10-,11+/m0/s1. The summed E-state index contributed by atoms with van der Waals surface area (Å²) in [6.07, 6.45) is 0. The summed E-state index contributed by atoms with van der Waals surface area (Å²) in [5, 5.41) is 10.9. The number of hydrogen-bond donors (Lipinski definition) is 0. The fraction of sp³-hybridized carbons (Fsp3) is 0.786. The van der Waals surface area contributed by atoms with Crippen molar-refractivity contribution in [2.45, 2.75) is 32.9 Å². The first-order valence-corrected chi connectivity index (χ1v) is 7.37. The Balaban J connectivity index is 3.21. The van der Waals surface area contributed by atoms with Gasteiger partial charge in [0.05, 0.1) is 20.8 Å². The lowest BCUT2D eigenvalue weighted by atomic mass is 9.96. The summed E-state index contributed by atoms with van der Waals surface area (Å²) in [6, 6.07) is -1.29. The molecule has 1 rings (SSSR count). The maximum atomic E-state index is 12.1. The van der Waals surface area contributed by atoms with Gasteiger partial charge in [-0.3, -0.25) is 14.9 Å². The second kappa shape index (κ2) is 8.44. The molecule has 9 nitrogen and oxygen atoms in total. The molecule has 3 atom stereocenters. The number of carbonyl (C=O) groups excluding carboxylic acids is 1. The van der Waals surface area contributed by atoms with Gasteiger partial charge >= 0.3 is 5.97 Å². The van der Waals surface area contributed by atoms with E-state index in [0.717, 1.165) is 0 Å². The Hall–Kier alpha value is -2.19. The van der Waals surface area contributed by atoms with Crippen LogP contribution in [0.25, 0.3) is 0 Å². The molecule has 0 aromatic heterocycles. The highest BCUT2D eigenvalue weighted by Crippen LogP contribution is 2.23. The van der Waals surface area contributed by atoms with Crippen LogP contribution in [-0.2, 0) is 19.0 Å². The fourth-order valence-corrected chi connectivity index (χ4v) is 2.29. The molecule has 9 heteroatoms. The highest BCUT2D eigenvalue weighted by atomic mass is 16.6. The summed E-state index contributed by atoms with van der Waals surface area (Å²) in [6.45, 7) is 5.01. The van der Waals surface area contributed by atoms with Gasteiger partial charge in [0, 0.05) is 4.92 Å². The van der Waals surface area contributed by atoms with E-state index in [4.69, 9.17) is 14.2 Å². The van der Waals surface area contributed by atoms with Crippen LogP contribution in [0.3, 0.4) is 0 Å². The number of rotatable bonds is 6. The minimum absolute atomic E-state index is 0.0939. The second-order valence-electron chi connectivity index (χ2n) is 5.35. The molecule has 130 valence electrons. The van der Waals surface area contributed by atoms with E-state index >= 15 is 0 Å². The molecule has 0 fully saturated rings. The maximum absolute atomic E-state index is 12.1. The molecule has 1 heterocycles. The largest absolute Gasteiger partial charge is 0.483 e. The van der Waals surface area contributed by atoms with Crippen molar-refractivity contribution in [1.82, 2.24) is 0 Å². The molecule has 0 aliphatic carbocycles. The van der Waals surface area contributed by atoms with Gasteiger partial charge in [-0.25, -0.2) is 9.98 Å². The molecule has 23 heavy (non-hydrogen) atoms. The molecule has 0 aromatic carbocycles. The van der Waals surface area contributed by atoms with E-state index in [9.17, 15) is 14.9 Å². The summed E-state index contributed by atoms with van der Waals surface area (Å²) >= 11 is 0. The Bertz CT molecular complexity index is 503. The van der Waals surface area contributed by atoms with Crippen LogP contribution in [0, 0.1) is 22.0 Å². The monoisotopic (exact) mass is 329 g/mol. The van der Waals surface area contributed by atoms with E-state index in [0.29, 0.717) is 5.90 Å². The van der Waals surface area contributed by atoms with Crippen LogP contribution in [0.15, 0.2) is 9.98 Å². The highest BCUT2D eigenvalue weighted by Gasteiger charge is 2.42. The van der Waals surface area contributed by atoms with Gasteiger partial charge in [-0.15, -0.1) is 0 Å². The van der Waals surface area contributed by atoms with Crippen LogP contribution in [0.5, 0.6) is 0 Å². The lowest BCUT2D eigenvalue weighted by Gasteiger charge is -2.29. The van der Waals surface area contributed by atoms with Crippen molar-refractivity contribution in [1.29, 1.82) is 0 Å². The Morgan fingerprint density at radius 3 is 2.17 bits per heavy atom. The van der Waals surface area contributed by atoms with Crippen molar-refractivity contribution < 1.29 is 23.9 Å². The van der Waals surface area contributed by atoms with Crippen molar-refractivity contribution in [3.05, 3.63) is 10.1 Å². The predicted octanol–water partition coefficient (Wildman–Crippen LogP) is 0.939. The van der Waals surface area contributed by atoms with Gasteiger partial charge in [0.15, 0.2) is 5.92 Å². The zero-order chi connectivity index (χ0) is 17.6. The number of hydrogen-bond acceptors (Lipinski definition) is 8. The van der Waals surface area contributed by atoms with Crippen LogP contribution in [0.1, 0.15) is 20.8 Å². The first-order valence-electron chi connectivity index (χ1n) is 7.37. The number of esters is 1. The van der Waals surface area contributed by atoms with Gasteiger partial charge in [0.1, 0.15) is 12.1 Å². The van der Waals surface area contributed by atoms with Crippen molar-refractivity contribution in [3.8, 4) is 0 Å². The second-order valence-corrected chi connectivity index (χ2v) is 5.35. The molecule has 0 N–H and O–H groups in total. The third-order valence-corrected chi connectivity index (χ3v) is 3.40.